The summed E-state index contributed by atoms with van der Waals surface area (Å²) in [5.74, 6) is 0.351. The van der Waals surface area contributed by atoms with Crippen LogP contribution in [-0.4, -0.2) is 27.0 Å². The molecule has 0 aliphatic rings. The van der Waals surface area contributed by atoms with Gasteiger partial charge in [-0.2, -0.15) is 11.8 Å². The molecule has 0 fully saturated rings. The van der Waals surface area contributed by atoms with Crippen LogP contribution in [0.1, 0.15) is 6.92 Å². The smallest absolute Gasteiger partial charge is 0.211 e. The van der Waals surface area contributed by atoms with Gasteiger partial charge in [-0.15, -0.1) is 0 Å². The molecule has 0 bridgehead atoms. The lowest BCUT2D eigenvalue weighted by molar-refractivity contribution is 0.545. The highest BCUT2D eigenvalue weighted by Crippen LogP contribution is 2.13. The summed E-state index contributed by atoms with van der Waals surface area (Å²) in [5.41, 5.74) is 0. The standard InChI is InChI=1S/C11H16FNO2S2/c1-9(8-16-2)7-13-17(14,15)11-6-4-3-5-10(11)12/h3-6,9,13H,7-8H2,1-2H3. The molecule has 1 aromatic rings. The lowest BCUT2D eigenvalue weighted by Gasteiger charge is -2.12. The van der Waals surface area contributed by atoms with E-state index < -0.39 is 15.8 Å². The number of nitrogens with one attached hydrogen (secondary N) is 1. The molecule has 0 saturated heterocycles. The Hall–Kier alpha value is -0.590. The van der Waals surface area contributed by atoms with E-state index in [9.17, 15) is 12.8 Å². The number of hydrogen-bond donors (Lipinski definition) is 1. The zero-order chi connectivity index (χ0) is 12.9. The van der Waals surface area contributed by atoms with E-state index in [1.165, 1.54) is 18.2 Å². The molecule has 1 N–H and O–H groups in total. The molecule has 1 unspecified atom stereocenters. The molecule has 0 heterocycles. The molecular weight excluding hydrogens is 261 g/mol. The minimum absolute atomic E-state index is 0.214. The molecule has 0 saturated carbocycles. The monoisotopic (exact) mass is 277 g/mol. The van der Waals surface area contributed by atoms with Crippen molar-refractivity contribution in [3.63, 3.8) is 0 Å². The van der Waals surface area contributed by atoms with E-state index in [-0.39, 0.29) is 10.8 Å². The first-order chi connectivity index (χ1) is 7.97. The van der Waals surface area contributed by atoms with Gasteiger partial charge in [0.2, 0.25) is 10.0 Å². The van der Waals surface area contributed by atoms with Crippen molar-refractivity contribution in [2.24, 2.45) is 5.92 Å². The zero-order valence-electron chi connectivity index (χ0n) is 9.81. The van der Waals surface area contributed by atoms with Crippen molar-refractivity contribution in [2.45, 2.75) is 11.8 Å². The summed E-state index contributed by atoms with van der Waals surface area (Å²) < 4.78 is 39.4. The van der Waals surface area contributed by atoms with E-state index in [1.807, 2.05) is 13.2 Å². The highest BCUT2D eigenvalue weighted by molar-refractivity contribution is 7.98. The van der Waals surface area contributed by atoms with E-state index >= 15 is 0 Å². The van der Waals surface area contributed by atoms with E-state index in [4.69, 9.17) is 0 Å². The average Bonchev–Trinajstić information content (AvgIpc) is 2.27. The van der Waals surface area contributed by atoms with Crippen molar-refractivity contribution >= 4 is 21.8 Å². The first-order valence-electron chi connectivity index (χ1n) is 5.20. The number of benzene rings is 1. The largest absolute Gasteiger partial charge is 0.243 e. The maximum Gasteiger partial charge on any atom is 0.243 e. The summed E-state index contributed by atoms with van der Waals surface area (Å²) in [6, 6.07) is 5.37. The maximum absolute atomic E-state index is 13.3. The Morgan fingerprint density at radius 3 is 2.65 bits per heavy atom. The minimum atomic E-state index is -3.74. The summed E-state index contributed by atoms with van der Waals surface area (Å²) in [6.07, 6.45) is 1.96. The van der Waals surface area contributed by atoms with Gasteiger partial charge in [0.1, 0.15) is 10.7 Å². The van der Waals surface area contributed by atoms with Crippen molar-refractivity contribution in [3.8, 4) is 0 Å². The van der Waals surface area contributed by atoms with Gasteiger partial charge in [-0.25, -0.2) is 17.5 Å². The van der Waals surface area contributed by atoms with Crippen LogP contribution in [0.4, 0.5) is 4.39 Å². The van der Waals surface area contributed by atoms with E-state index in [0.717, 1.165) is 11.8 Å². The fourth-order valence-electron chi connectivity index (χ4n) is 1.34. The fraction of sp³-hybridized carbons (Fsp3) is 0.455. The van der Waals surface area contributed by atoms with Gasteiger partial charge in [0.05, 0.1) is 0 Å². The number of hydrogen-bond acceptors (Lipinski definition) is 3. The van der Waals surface area contributed by atoms with Gasteiger partial charge in [-0.05, 0) is 30.1 Å². The van der Waals surface area contributed by atoms with Crippen LogP contribution < -0.4 is 4.72 Å². The Balaban J connectivity index is 2.73. The van der Waals surface area contributed by atoms with Crippen LogP contribution in [0.5, 0.6) is 0 Å². The second kappa shape index (κ2) is 6.37. The molecule has 17 heavy (non-hydrogen) atoms. The first-order valence-corrected chi connectivity index (χ1v) is 8.08. The van der Waals surface area contributed by atoms with Crippen molar-refractivity contribution < 1.29 is 12.8 Å². The normalized spacial score (nSPS) is 13.6. The van der Waals surface area contributed by atoms with Gasteiger partial charge >= 0.3 is 0 Å². The van der Waals surface area contributed by atoms with Crippen molar-refractivity contribution in [2.75, 3.05) is 18.6 Å². The van der Waals surface area contributed by atoms with Crippen molar-refractivity contribution in [1.82, 2.24) is 4.72 Å². The lowest BCUT2D eigenvalue weighted by Crippen LogP contribution is -2.29. The van der Waals surface area contributed by atoms with Crippen LogP contribution in [0.3, 0.4) is 0 Å². The molecule has 1 rings (SSSR count). The Kier molecular flexibility index (Phi) is 5.42. The summed E-state index contributed by atoms with van der Waals surface area (Å²) in [5, 5.41) is 0. The van der Waals surface area contributed by atoms with Crippen LogP contribution in [0.25, 0.3) is 0 Å². The van der Waals surface area contributed by atoms with Gasteiger partial charge in [0.25, 0.3) is 0 Å². The Labute approximate surface area is 106 Å². The summed E-state index contributed by atoms with van der Waals surface area (Å²) in [7, 11) is -3.74. The Morgan fingerprint density at radius 2 is 2.06 bits per heavy atom. The number of rotatable bonds is 6. The van der Waals surface area contributed by atoms with Gasteiger partial charge in [0, 0.05) is 6.54 Å². The molecule has 0 amide bonds. The first kappa shape index (κ1) is 14.5. The van der Waals surface area contributed by atoms with Crippen molar-refractivity contribution in [1.29, 1.82) is 0 Å². The Morgan fingerprint density at radius 1 is 1.41 bits per heavy atom. The molecule has 1 atom stereocenters. The molecule has 0 radical (unpaired) electrons. The minimum Gasteiger partial charge on any atom is -0.211 e. The van der Waals surface area contributed by atoms with Gasteiger partial charge in [0.15, 0.2) is 0 Å². The van der Waals surface area contributed by atoms with E-state index in [0.29, 0.717) is 6.54 Å². The Bertz CT molecular complexity index is 462. The maximum atomic E-state index is 13.3. The lowest BCUT2D eigenvalue weighted by atomic mass is 10.2. The summed E-state index contributed by atoms with van der Waals surface area (Å²) in [6.45, 7) is 2.26. The SMILES string of the molecule is CSCC(C)CNS(=O)(=O)c1ccccc1F. The molecule has 0 spiro atoms. The quantitative estimate of drug-likeness (QED) is 0.866. The molecule has 0 aliphatic heterocycles. The van der Waals surface area contributed by atoms with Crippen LogP contribution in [0, 0.1) is 11.7 Å². The fourth-order valence-corrected chi connectivity index (χ4v) is 3.26. The summed E-state index contributed by atoms with van der Waals surface area (Å²) in [4.78, 5) is -0.295. The highest BCUT2D eigenvalue weighted by Gasteiger charge is 2.18. The predicted octanol–water partition coefficient (Wildman–Crippen LogP) is 2.10. The second-order valence-electron chi connectivity index (χ2n) is 3.84. The van der Waals surface area contributed by atoms with Crippen LogP contribution in [0.2, 0.25) is 0 Å². The van der Waals surface area contributed by atoms with E-state index in [2.05, 4.69) is 4.72 Å². The van der Waals surface area contributed by atoms with Crippen molar-refractivity contribution in [3.05, 3.63) is 30.1 Å². The molecule has 96 valence electrons. The zero-order valence-corrected chi connectivity index (χ0v) is 11.4. The van der Waals surface area contributed by atoms with Crippen LogP contribution >= 0.6 is 11.8 Å². The third-order valence-corrected chi connectivity index (χ3v) is 4.56. The number of sulfonamides is 1. The third-order valence-electron chi connectivity index (χ3n) is 2.20. The highest BCUT2D eigenvalue weighted by atomic mass is 32.2. The molecule has 3 nitrogen and oxygen atoms in total. The second-order valence-corrected chi connectivity index (χ2v) is 6.49. The van der Waals surface area contributed by atoms with Crippen LogP contribution in [-0.2, 0) is 10.0 Å². The number of halogens is 1. The third kappa shape index (κ3) is 4.29. The van der Waals surface area contributed by atoms with Gasteiger partial charge in [-0.3, -0.25) is 0 Å². The topological polar surface area (TPSA) is 46.2 Å². The summed E-state index contributed by atoms with van der Waals surface area (Å²) >= 11 is 1.65. The molecule has 0 aromatic heterocycles. The average molecular weight is 277 g/mol. The molecule has 0 aliphatic carbocycles. The number of thioether (sulfide) groups is 1. The van der Waals surface area contributed by atoms with Crippen LogP contribution in [0.15, 0.2) is 29.2 Å². The van der Waals surface area contributed by atoms with Gasteiger partial charge < -0.3 is 0 Å². The van der Waals surface area contributed by atoms with E-state index in [1.54, 1.807) is 11.8 Å². The van der Waals surface area contributed by atoms with Gasteiger partial charge in [-0.1, -0.05) is 19.1 Å². The molecular formula is C11H16FNO2S2. The molecule has 6 heteroatoms. The molecule has 1 aromatic carbocycles. The predicted molar refractivity (Wildman–Crippen MR) is 69.1 cm³/mol.